The van der Waals surface area contributed by atoms with E-state index in [1.165, 1.54) is 0 Å². The van der Waals surface area contributed by atoms with Crippen molar-refractivity contribution >= 4 is 15.7 Å². The second-order valence-electron chi connectivity index (χ2n) is 9.79. The topological polar surface area (TPSA) is 72.9 Å². The van der Waals surface area contributed by atoms with E-state index in [0.29, 0.717) is 23.8 Å². The minimum absolute atomic E-state index is 0.0942. The molecule has 176 valence electrons. The van der Waals surface area contributed by atoms with Gasteiger partial charge in [-0.3, -0.25) is 4.79 Å². The summed E-state index contributed by atoms with van der Waals surface area (Å²) in [7, 11) is -0.663. The van der Waals surface area contributed by atoms with Crippen molar-refractivity contribution < 1.29 is 22.7 Å². The van der Waals surface area contributed by atoms with Gasteiger partial charge >= 0.3 is 0 Å². The lowest BCUT2D eigenvalue weighted by Crippen LogP contribution is -2.71. The largest absolute Gasteiger partial charge is 0.493 e. The summed E-state index contributed by atoms with van der Waals surface area (Å²) in [4.78, 5) is 15.6. The summed E-state index contributed by atoms with van der Waals surface area (Å²) >= 11 is 0. The predicted octanol–water partition coefficient (Wildman–Crippen LogP) is 4.50. The molecule has 1 amide bonds. The smallest absolute Gasteiger partial charge is 0.244 e. The highest BCUT2D eigenvalue weighted by Gasteiger charge is 2.65. The number of ether oxygens (including phenoxy) is 2. The number of hydrogen-bond acceptors (Lipinski definition) is 5. The van der Waals surface area contributed by atoms with Crippen molar-refractivity contribution in [2.45, 2.75) is 67.2 Å². The van der Waals surface area contributed by atoms with E-state index in [1.807, 2.05) is 30.3 Å². The van der Waals surface area contributed by atoms with Gasteiger partial charge < -0.3 is 14.4 Å². The third kappa shape index (κ3) is 3.11. The number of sulfone groups is 1. The Morgan fingerprint density at radius 2 is 1.85 bits per heavy atom. The quantitative estimate of drug-likeness (QED) is 0.659. The number of piperidine rings is 1. The molecule has 2 aromatic rings. The molecule has 0 N–H and O–H groups in total. The SMILES string of the molecule is COc1cccc2c1O[C@@]13CCCC[C@H]1[C@H]2[C@@H](S(=O)(=O)c1ccc(C(C)C)cc1)C(=O)N3C. The first-order valence-corrected chi connectivity index (χ1v) is 13.2. The van der Waals surface area contributed by atoms with Crippen LogP contribution < -0.4 is 9.47 Å². The maximum atomic E-state index is 14.0. The molecule has 2 bridgehead atoms. The molecule has 0 radical (unpaired) electrons. The van der Waals surface area contributed by atoms with Crippen LogP contribution in [0.5, 0.6) is 11.5 Å². The minimum Gasteiger partial charge on any atom is -0.493 e. The molecular formula is C26H31NO5S. The van der Waals surface area contributed by atoms with Crippen LogP contribution in [0.3, 0.4) is 0 Å². The number of nitrogens with zero attached hydrogens (tertiary/aromatic N) is 1. The number of methoxy groups -OCH3 is 1. The van der Waals surface area contributed by atoms with Crippen molar-refractivity contribution in [1.82, 2.24) is 4.90 Å². The molecule has 3 aliphatic rings. The zero-order chi connectivity index (χ0) is 23.5. The number of hydrogen-bond donors (Lipinski definition) is 0. The van der Waals surface area contributed by atoms with Crippen molar-refractivity contribution in [3.8, 4) is 11.5 Å². The molecule has 7 heteroatoms. The Kier molecular flexibility index (Phi) is 5.23. The predicted molar refractivity (Wildman–Crippen MR) is 125 cm³/mol. The molecular weight excluding hydrogens is 438 g/mol. The first-order valence-electron chi connectivity index (χ1n) is 11.7. The van der Waals surface area contributed by atoms with Crippen LogP contribution in [0.2, 0.25) is 0 Å². The number of rotatable bonds is 4. The summed E-state index contributed by atoms with van der Waals surface area (Å²) in [5.74, 6) is 0.464. The lowest BCUT2D eigenvalue weighted by Gasteiger charge is -2.59. The van der Waals surface area contributed by atoms with Crippen LogP contribution in [0.25, 0.3) is 0 Å². The van der Waals surface area contributed by atoms with Gasteiger partial charge in [-0.1, -0.05) is 44.5 Å². The normalized spacial score (nSPS) is 28.7. The Hall–Kier alpha value is -2.54. The highest BCUT2D eigenvalue weighted by molar-refractivity contribution is 7.92. The molecule has 2 heterocycles. The first kappa shape index (κ1) is 22.3. The molecule has 4 atom stereocenters. The molecule has 1 saturated heterocycles. The maximum Gasteiger partial charge on any atom is 0.244 e. The van der Waals surface area contributed by atoms with Gasteiger partial charge in [0.1, 0.15) is 0 Å². The van der Waals surface area contributed by atoms with Crippen molar-refractivity contribution in [3.63, 3.8) is 0 Å². The van der Waals surface area contributed by atoms with Gasteiger partial charge in [0, 0.05) is 30.9 Å². The fraction of sp³-hybridized carbons (Fsp3) is 0.500. The van der Waals surface area contributed by atoms with Crippen LogP contribution in [0, 0.1) is 5.92 Å². The standard InChI is InChI=1S/C26H31NO5S/c1-16(2)17-11-13-18(14-12-17)33(29,30)24-22-19-8-7-10-21(31-4)23(19)32-26(27(3)25(24)28)15-6-5-9-20(22)26/h7-8,10-14,16,20,22,24H,5-6,9,15H2,1-4H3/t20-,22-,24+,26-/m0/s1. The van der Waals surface area contributed by atoms with Gasteiger partial charge in [-0.2, -0.15) is 0 Å². The zero-order valence-electron chi connectivity index (χ0n) is 19.6. The number of benzene rings is 2. The van der Waals surface area contributed by atoms with E-state index in [-0.39, 0.29) is 16.7 Å². The van der Waals surface area contributed by atoms with E-state index in [4.69, 9.17) is 9.47 Å². The number of para-hydroxylation sites is 1. The fourth-order valence-electron chi connectivity index (χ4n) is 6.10. The molecule has 2 aromatic carbocycles. The van der Waals surface area contributed by atoms with Gasteiger partial charge in [0.25, 0.3) is 0 Å². The second-order valence-corrected chi connectivity index (χ2v) is 11.9. The first-order chi connectivity index (χ1) is 15.7. The van der Waals surface area contributed by atoms with Crippen molar-refractivity contribution in [2.75, 3.05) is 14.2 Å². The van der Waals surface area contributed by atoms with Crippen LogP contribution in [0.1, 0.15) is 62.5 Å². The average Bonchev–Trinajstić information content (AvgIpc) is 2.82. The van der Waals surface area contributed by atoms with E-state index in [0.717, 1.165) is 30.4 Å². The summed E-state index contributed by atoms with van der Waals surface area (Å²) in [6.45, 7) is 4.14. The number of fused-ring (bicyclic) bond motifs is 2. The van der Waals surface area contributed by atoms with Gasteiger partial charge in [0.2, 0.25) is 5.91 Å². The lowest BCUT2D eigenvalue weighted by atomic mass is 9.65. The third-order valence-electron chi connectivity index (χ3n) is 7.86. The Morgan fingerprint density at radius 3 is 2.52 bits per heavy atom. The van der Waals surface area contributed by atoms with Crippen LogP contribution in [-0.2, 0) is 14.6 Å². The van der Waals surface area contributed by atoms with Crippen molar-refractivity contribution in [3.05, 3.63) is 53.6 Å². The van der Waals surface area contributed by atoms with Crippen LogP contribution in [-0.4, -0.2) is 44.4 Å². The summed E-state index contributed by atoms with van der Waals surface area (Å²) in [6, 6.07) is 12.6. The zero-order valence-corrected chi connectivity index (χ0v) is 20.4. The summed E-state index contributed by atoms with van der Waals surface area (Å²) < 4.78 is 40.3. The van der Waals surface area contributed by atoms with Gasteiger partial charge in [0.15, 0.2) is 32.3 Å². The minimum atomic E-state index is -3.94. The Balaban J connectivity index is 1.70. The van der Waals surface area contributed by atoms with Gasteiger partial charge in [-0.05, 0) is 42.5 Å². The summed E-state index contributed by atoms with van der Waals surface area (Å²) in [6.07, 6.45) is 3.42. The number of carbonyl (C=O) groups is 1. The molecule has 0 aromatic heterocycles. The van der Waals surface area contributed by atoms with Crippen LogP contribution >= 0.6 is 0 Å². The van der Waals surface area contributed by atoms with Crippen molar-refractivity contribution in [1.29, 1.82) is 0 Å². The molecule has 33 heavy (non-hydrogen) atoms. The highest BCUT2D eigenvalue weighted by atomic mass is 32.2. The second kappa shape index (κ2) is 7.76. The van der Waals surface area contributed by atoms with E-state index in [1.54, 1.807) is 31.2 Å². The van der Waals surface area contributed by atoms with E-state index in [9.17, 15) is 13.2 Å². The Morgan fingerprint density at radius 1 is 1.12 bits per heavy atom. The highest BCUT2D eigenvalue weighted by Crippen LogP contribution is 2.59. The van der Waals surface area contributed by atoms with E-state index in [2.05, 4.69) is 13.8 Å². The molecule has 2 aliphatic heterocycles. The molecule has 1 aliphatic carbocycles. The van der Waals surface area contributed by atoms with Gasteiger partial charge in [-0.15, -0.1) is 0 Å². The molecule has 0 unspecified atom stereocenters. The molecule has 5 rings (SSSR count). The number of carbonyl (C=O) groups excluding carboxylic acids is 1. The maximum absolute atomic E-state index is 14.0. The van der Waals surface area contributed by atoms with E-state index < -0.39 is 26.7 Å². The molecule has 2 fully saturated rings. The van der Waals surface area contributed by atoms with Crippen LogP contribution in [0.15, 0.2) is 47.4 Å². The van der Waals surface area contributed by atoms with E-state index >= 15 is 0 Å². The Bertz CT molecular complexity index is 1190. The molecule has 6 nitrogen and oxygen atoms in total. The summed E-state index contributed by atoms with van der Waals surface area (Å²) in [5.41, 5.74) is 0.981. The molecule has 1 saturated carbocycles. The third-order valence-corrected chi connectivity index (χ3v) is 9.95. The molecule has 0 spiro atoms. The average molecular weight is 470 g/mol. The lowest BCUT2D eigenvalue weighted by molar-refractivity contribution is -0.191. The van der Waals surface area contributed by atoms with Gasteiger partial charge in [-0.25, -0.2) is 8.42 Å². The number of amides is 1. The Labute approximate surface area is 195 Å². The number of likely N-dealkylation sites (tertiary alicyclic amines) is 1. The summed E-state index contributed by atoms with van der Waals surface area (Å²) in [5, 5.41) is -1.20. The van der Waals surface area contributed by atoms with Crippen LogP contribution in [0.4, 0.5) is 0 Å². The van der Waals surface area contributed by atoms with Gasteiger partial charge in [0.05, 0.1) is 12.0 Å². The van der Waals surface area contributed by atoms with Crippen molar-refractivity contribution in [2.24, 2.45) is 5.92 Å². The fourth-order valence-corrected chi connectivity index (χ4v) is 8.06. The monoisotopic (exact) mass is 469 g/mol.